The number of aliphatic hydroxyl groups excluding tert-OH is 1. The van der Waals surface area contributed by atoms with Crippen LogP contribution in [0.15, 0.2) is 18.5 Å². The predicted octanol–water partition coefficient (Wildman–Crippen LogP) is 1.83. The summed E-state index contributed by atoms with van der Waals surface area (Å²) in [5.74, 6) is 0.493. The van der Waals surface area contributed by atoms with Crippen molar-refractivity contribution >= 4 is 0 Å². The van der Waals surface area contributed by atoms with Gasteiger partial charge in [0.05, 0.1) is 6.10 Å². The molecule has 0 saturated heterocycles. The van der Waals surface area contributed by atoms with Crippen molar-refractivity contribution in [3.8, 4) is 0 Å². The van der Waals surface area contributed by atoms with Gasteiger partial charge < -0.3 is 5.11 Å². The lowest BCUT2D eigenvalue weighted by Gasteiger charge is -2.11. The van der Waals surface area contributed by atoms with Gasteiger partial charge in [0, 0.05) is 18.0 Å². The molecule has 1 aliphatic rings. The normalized spacial score (nSPS) is 19.2. The van der Waals surface area contributed by atoms with Crippen molar-refractivity contribution in [2.24, 2.45) is 5.92 Å². The number of aromatic nitrogens is 1. The minimum atomic E-state index is -0.279. The Hall–Kier alpha value is -0.890. The van der Waals surface area contributed by atoms with Gasteiger partial charge in [-0.05, 0) is 37.3 Å². The molecule has 2 nitrogen and oxygen atoms in total. The largest absolute Gasteiger partial charge is 0.388 e. The lowest BCUT2D eigenvalue weighted by molar-refractivity contribution is 0.152. The second kappa shape index (κ2) is 2.87. The fraction of sp³-hybridized carbons (Fsp3) is 0.500. The molecule has 0 bridgehead atoms. The van der Waals surface area contributed by atoms with E-state index in [-0.39, 0.29) is 6.10 Å². The molecule has 1 atom stereocenters. The van der Waals surface area contributed by atoms with Gasteiger partial charge in [0.2, 0.25) is 0 Å². The van der Waals surface area contributed by atoms with E-state index in [4.69, 9.17) is 0 Å². The van der Waals surface area contributed by atoms with Crippen LogP contribution in [0.2, 0.25) is 0 Å². The summed E-state index contributed by atoms with van der Waals surface area (Å²) >= 11 is 0. The summed E-state index contributed by atoms with van der Waals surface area (Å²) in [5, 5.41) is 9.80. The van der Waals surface area contributed by atoms with Crippen LogP contribution in [0.4, 0.5) is 0 Å². The maximum Gasteiger partial charge on any atom is 0.0835 e. The molecule has 1 unspecified atom stereocenters. The lowest BCUT2D eigenvalue weighted by atomic mass is 10.0. The average molecular weight is 163 g/mol. The highest BCUT2D eigenvalue weighted by molar-refractivity contribution is 5.25. The number of aliphatic hydroxyl groups is 1. The minimum Gasteiger partial charge on any atom is -0.388 e. The third kappa shape index (κ3) is 1.34. The number of nitrogens with zero attached hydrogens (tertiary/aromatic N) is 1. The van der Waals surface area contributed by atoms with E-state index in [1.54, 1.807) is 12.4 Å². The molecule has 2 heteroatoms. The Morgan fingerprint density at radius 2 is 2.33 bits per heavy atom. The van der Waals surface area contributed by atoms with Gasteiger partial charge in [-0.3, -0.25) is 4.98 Å². The molecule has 1 aromatic heterocycles. The van der Waals surface area contributed by atoms with E-state index in [0.29, 0.717) is 5.92 Å². The van der Waals surface area contributed by atoms with Gasteiger partial charge >= 0.3 is 0 Å². The summed E-state index contributed by atoms with van der Waals surface area (Å²) in [6.07, 6.45) is 5.58. The number of rotatable bonds is 2. The maximum atomic E-state index is 9.80. The second-order valence-electron chi connectivity index (χ2n) is 3.51. The smallest absolute Gasteiger partial charge is 0.0835 e. The SMILES string of the molecule is Cc1ccncc1C(O)C1CC1. The van der Waals surface area contributed by atoms with Crippen molar-refractivity contribution in [1.29, 1.82) is 0 Å². The van der Waals surface area contributed by atoms with Crippen molar-refractivity contribution in [1.82, 2.24) is 4.98 Å². The zero-order chi connectivity index (χ0) is 8.55. The van der Waals surface area contributed by atoms with Crippen LogP contribution >= 0.6 is 0 Å². The lowest BCUT2D eigenvalue weighted by Crippen LogP contribution is -2.02. The highest BCUT2D eigenvalue weighted by Gasteiger charge is 2.31. The van der Waals surface area contributed by atoms with Gasteiger partial charge in [-0.15, -0.1) is 0 Å². The molecule has 64 valence electrons. The van der Waals surface area contributed by atoms with Crippen LogP contribution in [0.5, 0.6) is 0 Å². The molecule has 1 fully saturated rings. The number of aryl methyl sites for hydroxylation is 1. The molecule has 0 aliphatic heterocycles. The van der Waals surface area contributed by atoms with E-state index in [0.717, 1.165) is 24.0 Å². The van der Waals surface area contributed by atoms with Gasteiger partial charge in [0.25, 0.3) is 0 Å². The molecule has 1 heterocycles. The van der Waals surface area contributed by atoms with Gasteiger partial charge in [-0.1, -0.05) is 0 Å². The Balaban J connectivity index is 2.25. The molecule has 0 amide bonds. The topological polar surface area (TPSA) is 33.1 Å². The van der Waals surface area contributed by atoms with Crippen LogP contribution < -0.4 is 0 Å². The summed E-state index contributed by atoms with van der Waals surface area (Å²) in [6, 6.07) is 1.95. The Kier molecular flexibility index (Phi) is 1.85. The third-order valence-electron chi connectivity index (χ3n) is 2.47. The van der Waals surface area contributed by atoms with E-state index in [9.17, 15) is 5.11 Å². The molecule has 0 spiro atoms. The maximum absolute atomic E-state index is 9.80. The van der Waals surface area contributed by atoms with Crippen molar-refractivity contribution < 1.29 is 5.11 Å². The van der Waals surface area contributed by atoms with Gasteiger partial charge in [-0.2, -0.15) is 0 Å². The van der Waals surface area contributed by atoms with Crippen LogP contribution in [-0.4, -0.2) is 10.1 Å². The molecule has 0 radical (unpaired) electrons. The van der Waals surface area contributed by atoms with E-state index in [2.05, 4.69) is 4.98 Å². The van der Waals surface area contributed by atoms with Gasteiger partial charge in [0.1, 0.15) is 0 Å². The molecule has 1 aromatic rings. The predicted molar refractivity (Wildman–Crippen MR) is 46.7 cm³/mol. The zero-order valence-electron chi connectivity index (χ0n) is 7.20. The first-order chi connectivity index (χ1) is 5.79. The zero-order valence-corrected chi connectivity index (χ0v) is 7.20. The molecule has 1 N–H and O–H groups in total. The number of pyridine rings is 1. The second-order valence-corrected chi connectivity index (χ2v) is 3.51. The van der Waals surface area contributed by atoms with Crippen molar-refractivity contribution in [2.75, 3.05) is 0 Å². The summed E-state index contributed by atoms with van der Waals surface area (Å²) < 4.78 is 0. The van der Waals surface area contributed by atoms with E-state index < -0.39 is 0 Å². The molecule has 12 heavy (non-hydrogen) atoms. The minimum absolute atomic E-state index is 0.279. The van der Waals surface area contributed by atoms with Crippen molar-refractivity contribution in [3.63, 3.8) is 0 Å². The first kappa shape index (κ1) is 7.74. The highest BCUT2D eigenvalue weighted by Crippen LogP contribution is 2.41. The van der Waals surface area contributed by atoms with E-state index >= 15 is 0 Å². The van der Waals surface area contributed by atoms with Crippen molar-refractivity contribution in [2.45, 2.75) is 25.9 Å². The first-order valence-electron chi connectivity index (χ1n) is 4.37. The van der Waals surface area contributed by atoms with Crippen molar-refractivity contribution in [3.05, 3.63) is 29.6 Å². The summed E-state index contributed by atoms with van der Waals surface area (Å²) in [4.78, 5) is 4.02. The molecule has 1 aliphatic carbocycles. The molecule has 1 saturated carbocycles. The first-order valence-corrected chi connectivity index (χ1v) is 4.37. The Labute approximate surface area is 72.3 Å². The van der Waals surface area contributed by atoms with Gasteiger partial charge in [-0.25, -0.2) is 0 Å². The summed E-state index contributed by atoms with van der Waals surface area (Å²) in [5.41, 5.74) is 2.14. The monoisotopic (exact) mass is 163 g/mol. The quantitative estimate of drug-likeness (QED) is 0.721. The number of hydrogen-bond donors (Lipinski definition) is 1. The number of hydrogen-bond acceptors (Lipinski definition) is 2. The summed E-state index contributed by atoms with van der Waals surface area (Å²) in [7, 11) is 0. The third-order valence-corrected chi connectivity index (χ3v) is 2.47. The molecule has 0 aromatic carbocycles. The van der Waals surface area contributed by atoms with Gasteiger partial charge in [0.15, 0.2) is 0 Å². The Morgan fingerprint density at radius 1 is 1.58 bits per heavy atom. The van der Waals surface area contributed by atoms with Crippen LogP contribution in [0.3, 0.4) is 0 Å². The summed E-state index contributed by atoms with van der Waals surface area (Å²) in [6.45, 7) is 2.02. The van der Waals surface area contributed by atoms with Crippen LogP contribution in [-0.2, 0) is 0 Å². The standard InChI is InChI=1S/C10H13NO/c1-7-4-5-11-6-9(7)10(12)8-2-3-8/h4-6,8,10,12H,2-3H2,1H3. The Morgan fingerprint density at radius 3 is 2.92 bits per heavy atom. The molecule has 2 rings (SSSR count). The van der Waals surface area contributed by atoms with E-state index in [1.807, 2.05) is 13.0 Å². The van der Waals surface area contributed by atoms with E-state index in [1.165, 1.54) is 0 Å². The average Bonchev–Trinajstić information content (AvgIpc) is 2.86. The fourth-order valence-electron chi connectivity index (χ4n) is 1.45. The Bertz CT molecular complexity index is 281. The van der Waals surface area contributed by atoms with Crippen LogP contribution in [0.1, 0.15) is 30.1 Å². The molecular formula is C10H13NO. The highest BCUT2D eigenvalue weighted by atomic mass is 16.3. The van der Waals surface area contributed by atoms with Crippen LogP contribution in [0.25, 0.3) is 0 Å². The van der Waals surface area contributed by atoms with Crippen LogP contribution in [0, 0.1) is 12.8 Å². The fourth-order valence-corrected chi connectivity index (χ4v) is 1.45. The molecular weight excluding hydrogens is 150 g/mol.